The molecule has 2 N–H and O–H groups in total. The van der Waals surface area contributed by atoms with E-state index in [2.05, 4.69) is 17.6 Å². The second-order valence-corrected chi connectivity index (χ2v) is 6.17. The Bertz CT molecular complexity index is 530. The van der Waals surface area contributed by atoms with Crippen molar-refractivity contribution in [3.8, 4) is 0 Å². The van der Waals surface area contributed by atoms with Crippen LogP contribution in [0.25, 0.3) is 0 Å². The first kappa shape index (κ1) is 14.4. The highest BCUT2D eigenvalue weighted by atomic mass is 16.5. The maximum Gasteiger partial charge on any atom is 0.253 e. The quantitative estimate of drug-likeness (QED) is 0.876. The Morgan fingerprint density at radius 3 is 2.90 bits per heavy atom. The normalized spacial score (nSPS) is 26.9. The average molecular weight is 288 g/mol. The van der Waals surface area contributed by atoms with Crippen molar-refractivity contribution in [1.82, 2.24) is 5.32 Å². The number of hydrogen-bond acceptors (Lipinski definition) is 3. The van der Waals surface area contributed by atoms with Crippen LogP contribution in [0.1, 0.15) is 48.5 Å². The summed E-state index contributed by atoms with van der Waals surface area (Å²) in [5.74, 6) is 0.00903. The van der Waals surface area contributed by atoms with Gasteiger partial charge in [-0.05, 0) is 50.3 Å². The predicted octanol–water partition coefficient (Wildman–Crippen LogP) is 2.87. The van der Waals surface area contributed by atoms with Gasteiger partial charge in [-0.15, -0.1) is 0 Å². The number of carbonyl (C=O) groups is 1. The van der Waals surface area contributed by atoms with E-state index in [-0.39, 0.29) is 18.1 Å². The molecule has 1 amide bonds. The van der Waals surface area contributed by atoms with Gasteiger partial charge in [-0.25, -0.2) is 0 Å². The second-order valence-electron chi connectivity index (χ2n) is 6.17. The summed E-state index contributed by atoms with van der Waals surface area (Å²) in [4.78, 5) is 12.6. The number of rotatable bonds is 5. The van der Waals surface area contributed by atoms with Crippen molar-refractivity contribution in [1.29, 1.82) is 0 Å². The molecule has 1 aromatic carbocycles. The van der Waals surface area contributed by atoms with Gasteiger partial charge in [0.05, 0.1) is 23.8 Å². The highest BCUT2D eigenvalue weighted by Gasteiger charge is 2.41. The summed E-state index contributed by atoms with van der Waals surface area (Å²) in [6.07, 6.45) is 4.79. The number of hydrogen-bond donors (Lipinski definition) is 2. The third-order valence-corrected chi connectivity index (χ3v) is 4.41. The molecule has 0 saturated carbocycles. The molecular formula is C17H24N2O2. The summed E-state index contributed by atoms with van der Waals surface area (Å²) >= 11 is 0. The molecule has 0 radical (unpaired) electrons. The minimum absolute atomic E-state index is 0.00903. The molecule has 114 valence electrons. The summed E-state index contributed by atoms with van der Waals surface area (Å²) in [6, 6.07) is 6.12. The fourth-order valence-corrected chi connectivity index (χ4v) is 3.30. The van der Waals surface area contributed by atoms with E-state index >= 15 is 0 Å². The van der Waals surface area contributed by atoms with Crippen LogP contribution in [0.4, 0.5) is 5.69 Å². The van der Waals surface area contributed by atoms with Crippen molar-refractivity contribution >= 4 is 11.6 Å². The molecule has 3 atom stereocenters. The second kappa shape index (κ2) is 6.06. The Morgan fingerprint density at radius 2 is 2.24 bits per heavy atom. The van der Waals surface area contributed by atoms with E-state index in [1.165, 1.54) is 0 Å². The standard InChI is InChI=1S/C17H24N2O2/c1-3-8-18-14-9-11(2)4-6-13(14)17(20)19-15-10-12-5-7-16(15)21-12/h4,6,9,12,15-16,18H,3,5,7-8,10H2,1-2H3,(H,19,20). The predicted molar refractivity (Wildman–Crippen MR) is 83.7 cm³/mol. The summed E-state index contributed by atoms with van der Waals surface area (Å²) in [5.41, 5.74) is 2.82. The first-order valence-corrected chi connectivity index (χ1v) is 7.98. The Hall–Kier alpha value is -1.55. The zero-order valence-corrected chi connectivity index (χ0v) is 12.8. The van der Waals surface area contributed by atoms with Crippen molar-refractivity contribution in [3.63, 3.8) is 0 Å². The lowest BCUT2D eigenvalue weighted by atomic mass is 9.95. The molecule has 4 nitrogen and oxygen atoms in total. The molecule has 2 aliphatic heterocycles. The third-order valence-electron chi connectivity index (χ3n) is 4.41. The SMILES string of the molecule is CCCNc1cc(C)ccc1C(=O)NC1CC2CCC1O2. The van der Waals surface area contributed by atoms with Gasteiger partial charge in [0.15, 0.2) is 0 Å². The number of aryl methyl sites for hydroxylation is 1. The van der Waals surface area contributed by atoms with E-state index in [9.17, 15) is 4.79 Å². The van der Waals surface area contributed by atoms with Gasteiger partial charge in [0.1, 0.15) is 0 Å². The smallest absolute Gasteiger partial charge is 0.253 e. The fourth-order valence-electron chi connectivity index (χ4n) is 3.30. The molecule has 0 aromatic heterocycles. The van der Waals surface area contributed by atoms with Gasteiger partial charge < -0.3 is 15.4 Å². The van der Waals surface area contributed by atoms with Gasteiger partial charge in [-0.2, -0.15) is 0 Å². The maximum atomic E-state index is 12.6. The monoisotopic (exact) mass is 288 g/mol. The fraction of sp³-hybridized carbons (Fsp3) is 0.588. The number of nitrogens with one attached hydrogen (secondary N) is 2. The summed E-state index contributed by atoms with van der Waals surface area (Å²) < 4.78 is 5.81. The van der Waals surface area contributed by atoms with Crippen LogP contribution < -0.4 is 10.6 Å². The molecular weight excluding hydrogens is 264 g/mol. The zero-order chi connectivity index (χ0) is 14.8. The van der Waals surface area contributed by atoms with E-state index in [4.69, 9.17) is 4.74 Å². The van der Waals surface area contributed by atoms with Gasteiger partial charge in [-0.3, -0.25) is 4.79 Å². The lowest BCUT2D eigenvalue weighted by molar-refractivity contribution is 0.0841. The summed E-state index contributed by atoms with van der Waals surface area (Å²) in [5, 5.41) is 6.51. The number of ether oxygens (including phenoxy) is 1. The van der Waals surface area contributed by atoms with E-state index < -0.39 is 0 Å². The summed E-state index contributed by atoms with van der Waals surface area (Å²) in [6.45, 7) is 5.04. The van der Waals surface area contributed by atoms with Crippen LogP contribution in [0.2, 0.25) is 0 Å². The molecule has 3 rings (SSSR count). The number of fused-ring (bicyclic) bond motifs is 2. The van der Waals surface area contributed by atoms with Crippen LogP contribution in [0.5, 0.6) is 0 Å². The minimum Gasteiger partial charge on any atom is -0.384 e. The van der Waals surface area contributed by atoms with Crippen LogP contribution in [-0.2, 0) is 4.74 Å². The van der Waals surface area contributed by atoms with Gasteiger partial charge in [0, 0.05) is 12.2 Å². The van der Waals surface area contributed by atoms with Gasteiger partial charge in [0.25, 0.3) is 5.91 Å². The van der Waals surface area contributed by atoms with Crippen molar-refractivity contribution in [2.45, 2.75) is 57.8 Å². The molecule has 4 heteroatoms. The first-order chi connectivity index (χ1) is 10.2. The largest absolute Gasteiger partial charge is 0.384 e. The van der Waals surface area contributed by atoms with Crippen molar-refractivity contribution in [2.24, 2.45) is 0 Å². The lowest BCUT2D eigenvalue weighted by Crippen LogP contribution is -2.41. The number of carbonyl (C=O) groups excluding carboxylic acids is 1. The Balaban J connectivity index is 1.71. The molecule has 0 aliphatic carbocycles. The minimum atomic E-state index is 0.00903. The molecule has 1 aromatic rings. The molecule has 2 fully saturated rings. The topological polar surface area (TPSA) is 50.4 Å². The highest BCUT2D eigenvalue weighted by Crippen LogP contribution is 2.34. The van der Waals surface area contributed by atoms with Gasteiger partial charge >= 0.3 is 0 Å². The maximum absolute atomic E-state index is 12.6. The van der Waals surface area contributed by atoms with E-state index in [1.807, 2.05) is 25.1 Å². The van der Waals surface area contributed by atoms with Crippen LogP contribution in [-0.4, -0.2) is 30.7 Å². The number of amides is 1. The van der Waals surface area contributed by atoms with Crippen molar-refractivity contribution in [2.75, 3.05) is 11.9 Å². The molecule has 2 saturated heterocycles. The molecule has 0 spiro atoms. The number of benzene rings is 1. The lowest BCUT2D eigenvalue weighted by Gasteiger charge is -2.21. The number of anilines is 1. The van der Waals surface area contributed by atoms with E-state index in [0.29, 0.717) is 6.10 Å². The molecule has 2 bridgehead atoms. The van der Waals surface area contributed by atoms with E-state index in [0.717, 1.165) is 49.0 Å². The zero-order valence-electron chi connectivity index (χ0n) is 12.8. The van der Waals surface area contributed by atoms with Crippen LogP contribution in [0.3, 0.4) is 0 Å². The Labute approximate surface area is 126 Å². The molecule has 2 aliphatic rings. The Kier molecular flexibility index (Phi) is 4.15. The van der Waals surface area contributed by atoms with E-state index in [1.54, 1.807) is 0 Å². The van der Waals surface area contributed by atoms with Crippen LogP contribution >= 0.6 is 0 Å². The Morgan fingerprint density at radius 1 is 1.38 bits per heavy atom. The van der Waals surface area contributed by atoms with Crippen LogP contribution in [0.15, 0.2) is 18.2 Å². The van der Waals surface area contributed by atoms with Gasteiger partial charge in [0.2, 0.25) is 0 Å². The van der Waals surface area contributed by atoms with Crippen molar-refractivity contribution in [3.05, 3.63) is 29.3 Å². The highest BCUT2D eigenvalue weighted by molar-refractivity contribution is 6.00. The van der Waals surface area contributed by atoms with Crippen molar-refractivity contribution < 1.29 is 9.53 Å². The third kappa shape index (κ3) is 3.05. The molecule has 2 heterocycles. The summed E-state index contributed by atoms with van der Waals surface area (Å²) in [7, 11) is 0. The molecule has 3 unspecified atom stereocenters. The molecule has 21 heavy (non-hydrogen) atoms. The average Bonchev–Trinajstić information content (AvgIpc) is 3.07. The van der Waals surface area contributed by atoms with Crippen LogP contribution in [0, 0.1) is 6.92 Å². The van der Waals surface area contributed by atoms with Gasteiger partial charge in [-0.1, -0.05) is 13.0 Å². The first-order valence-electron chi connectivity index (χ1n) is 7.98.